The predicted octanol–water partition coefficient (Wildman–Crippen LogP) is 6.69. The van der Waals surface area contributed by atoms with Gasteiger partial charge in [0.15, 0.2) is 0 Å². The number of likely N-dealkylation sites (tertiary alicyclic amines) is 1. The van der Waals surface area contributed by atoms with Crippen LogP contribution in [0.5, 0.6) is 0 Å². The van der Waals surface area contributed by atoms with Gasteiger partial charge in [-0.05, 0) is 70.2 Å². The number of benzene rings is 1. The first-order valence-electron chi connectivity index (χ1n) is 10.8. The summed E-state index contributed by atoms with van der Waals surface area (Å²) >= 11 is 0. The van der Waals surface area contributed by atoms with Crippen LogP contribution in [0.25, 0.3) is 0 Å². The quantitative estimate of drug-likeness (QED) is 0.366. The summed E-state index contributed by atoms with van der Waals surface area (Å²) in [6.07, 6.45) is -9.44. The molecule has 0 amide bonds. The van der Waals surface area contributed by atoms with Crippen molar-refractivity contribution in [3.8, 4) is 11.8 Å². The first kappa shape index (κ1) is 27.0. The molecule has 3 atom stereocenters. The van der Waals surface area contributed by atoms with E-state index >= 15 is 0 Å². The van der Waals surface area contributed by atoms with E-state index in [-0.39, 0.29) is 12.8 Å². The number of rotatable bonds is 6. The Bertz CT molecular complexity index is 859. The van der Waals surface area contributed by atoms with Gasteiger partial charge in [-0.1, -0.05) is 24.0 Å². The van der Waals surface area contributed by atoms with Crippen molar-refractivity contribution < 1.29 is 36.2 Å². The minimum absolute atomic E-state index is 0.235. The highest BCUT2D eigenvalue weighted by Crippen LogP contribution is 2.41. The zero-order valence-corrected chi connectivity index (χ0v) is 18.9. The lowest BCUT2D eigenvalue weighted by Gasteiger charge is -2.44. The van der Waals surface area contributed by atoms with E-state index in [4.69, 9.17) is 0 Å². The van der Waals surface area contributed by atoms with Crippen molar-refractivity contribution in [2.24, 2.45) is 11.3 Å². The van der Waals surface area contributed by atoms with Crippen molar-refractivity contribution >= 4 is 5.97 Å². The summed E-state index contributed by atoms with van der Waals surface area (Å²) in [7, 11) is 0. The molecule has 2 rings (SSSR count). The highest BCUT2D eigenvalue weighted by atomic mass is 19.4. The second-order valence-electron chi connectivity index (χ2n) is 9.49. The maximum Gasteiger partial charge on any atom is 0.416 e. The number of carboxylic acid groups (broad SMARTS) is 1. The number of carboxylic acids is 1. The molecule has 9 heteroatoms. The Hall–Kier alpha value is -2.21. The van der Waals surface area contributed by atoms with E-state index in [1.54, 1.807) is 4.90 Å². The molecule has 33 heavy (non-hydrogen) atoms. The predicted molar refractivity (Wildman–Crippen MR) is 112 cm³/mol. The van der Waals surface area contributed by atoms with Crippen molar-refractivity contribution in [2.45, 2.75) is 77.3 Å². The average molecular weight is 477 g/mol. The summed E-state index contributed by atoms with van der Waals surface area (Å²) in [6.45, 7) is 5.87. The number of halogens is 6. The van der Waals surface area contributed by atoms with Gasteiger partial charge in [0, 0.05) is 24.3 Å². The van der Waals surface area contributed by atoms with Crippen molar-refractivity contribution in [1.29, 1.82) is 0 Å². The number of piperidine rings is 1. The van der Waals surface area contributed by atoms with Crippen LogP contribution >= 0.6 is 0 Å². The fourth-order valence-corrected chi connectivity index (χ4v) is 4.15. The maximum absolute atomic E-state index is 13.0. The molecule has 0 saturated carbocycles. The van der Waals surface area contributed by atoms with Gasteiger partial charge in [0.25, 0.3) is 0 Å². The van der Waals surface area contributed by atoms with Crippen LogP contribution in [-0.4, -0.2) is 34.7 Å². The molecule has 1 aliphatic heterocycles. The van der Waals surface area contributed by atoms with Gasteiger partial charge in [0.1, 0.15) is 0 Å². The van der Waals surface area contributed by atoms with Gasteiger partial charge >= 0.3 is 18.3 Å². The second-order valence-corrected chi connectivity index (χ2v) is 9.49. The van der Waals surface area contributed by atoms with Gasteiger partial charge in [0.05, 0.1) is 11.6 Å². The Labute approximate surface area is 190 Å². The summed E-state index contributed by atoms with van der Waals surface area (Å²) in [4.78, 5) is 13.2. The monoisotopic (exact) mass is 477 g/mol. The van der Waals surface area contributed by atoms with E-state index in [1.807, 2.05) is 20.8 Å². The van der Waals surface area contributed by atoms with E-state index < -0.39 is 53.7 Å². The average Bonchev–Trinajstić information content (AvgIpc) is 2.65. The molecule has 0 bridgehead atoms. The molecule has 0 unspecified atom stereocenters. The number of hydrogen-bond acceptors (Lipinski definition) is 2. The van der Waals surface area contributed by atoms with Crippen LogP contribution in [0.15, 0.2) is 24.3 Å². The number of hydrogen-bond donors (Lipinski definition) is 1. The minimum Gasteiger partial charge on any atom is -0.481 e. The normalized spacial score (nSPS) is 21.2. The van der Waals surface area contributed by atoms with Crippen LogP contribution in [0, 0.1) is 23.2 Å². The summed E-state index contributed by atoms with van der Waals surface area (Å²) < 4.78 is 78.2. The number of aliphatic carboxylic acids is 1. The van der Waals surface area contributed by atoms with Crippen LogP contribution in [0.4, 0.5) is 26.3 Å². The number of nitrogens with zero attached hydrogens (tertiary/aromatic N) is 1. The van der Waals surface area contributed by atoms with Crippen LogP contribution in [-0.2, 0) is 11.0 Å². The van der Waals surface area contributed by atoms with Crippen molar-refractivity contribution in [3.05, 3.63) is 35.4 Å². The Kier molecular flexibility index (Phi) is 8.50. The minimum atomic E-state index is -4.53. The van der Waals surface area contributed by atoms with E-state index in [2.05, 4.69) is 11.8 Å². The summed E-state index contributed by atoms with van der Waals surface area (Å²) in [5.74, 6) is 4.42. The van der Waals surface area contributed by atoms with Crippen molar-refractivity contribution in [1.82, 2.24) is 4.90 Å². The molecule has 1 aliphatic rings. The zero-order chi connectivity index (χ0) is 25.0. The second kappa shape index (κ2) is 10.4. The molecule has 0 spiro atoms. The molecule has 1 saturated heterocycles. The molecule has 184 valence electrons. The summed E-state index contributed by atoms with van der Waals surface area (Å²) in [5.41, 5.74) is -0.857. The maximum atomic E-state index is 13.0. The third kappa shape index (κ3) is 8.58. The molecule has 0 radical (unpaired) electrons. The van der Waals surface area contributed by atoms with Crippen LogP contribution < -0.4 is 0 Å². The van der Waals surface area contributed by atoms with Crippen LogP contribution in [0.2, 0.25) is 0 Å². The third-order valence-corrected chi connectivity index (χ3v) is 5.53. The first-order valence-corrected chi connectivity index (χ1v) is 10.8. The van der Waals surface area contributed by atoms with Crippen LogP contribution in [0.1, 0.15) is 70.0 Å². The van der Waals surface area contributed by atoms with Crippen LogP contribution in [0.3, 0.4) is 0 Å². The standard InChI is InChI=1S/C24H29F6NO2/c1-22(2,3)12-10-19(11-13-23(25,26)27)31-14-4-5-17(15-20(32)33)21(31)16-6-8-18(9-7-16)24(28,29)30/h6-9,17,19,21H,4-5,11,13-15H2,1-3H3,(H,32,33)/t17-,19-,21-/m1/s1. The highest BCUT2D eigenvalue weighted by Gasteiger charge is 2.39. The van der Waals surface area contributed by atoms with Gasteiger partial charge in [-0.3, -0.25) is 9.69 Å². The first-order chi connectivity index (χ1) is 15.1. The molecule has 0 aliphatic carbocycles. The molecule has 1 aromatic carbocycles. The Balaban J connectivity index is 2.50. The summed E-state index contributed by atoms with van der Waals surface area (Å²) in [5, 5.41) is 9.38. The largest absolute Gasteiger partial charge is 0.481 e. The van der Waals surface area contributed by atoms with Gasteiger partial charge < -0.3 is 5.11 Å². The Morgan fingerprint density at radius 1 is 1.12 bits per heavy atom. The molecule has 1 aromatic rings. The van der Waals surface area contributed by atoms with E-state index in [1.165, 1.54) is 12.1 Å². The van der Waals surface area contributed by atoms with Crippen molar-refractivity contribution in [2.75, 3.05) is 6.54 Å². The lowest BCUT2D eigenvalue weighted by atomic mass is 9.81. The smallest absolute Gasteiger partial charge is 0.416 e. The highest BCUT2D eigenvalue weighted by molar-refractivity contribution is 5.67. The van der Waals surface area contributed by atoms with Crippen molar-refractivity contribution in [3.63, 3.8) is 0 Å². The Morgan fingerprint density at radius 3 is 2.21 bits per heavy atom. The lowest BCUT2D eigenvalue weighted by Crippen LogP contribution is -2.45. The topological polar surface area (TPSA) is 40.5 Å². The van der Waals surface area contributed by atoms with Gasteiger partial charge in [-0.15, -0.1) is 0 Å². The zero-order valence-electron chi connectivity index (χ0n) is 18.9. The van der Waals surface area contributed by atoms with Gasteiger partial charge in [-0.2, -0.15) is 26.3 Å². The molecule has 0 aromatic heterocycles. The molecular weight excluding hydrogens is 448 g/mol. The van der Waals surface area contributed by atoms with E-state index in [0.717, 1.165) is 12.1 Å². The Morgan fingerprint density at radius 2 is 1.73 bits per heavy atom. The summed E-state index contributed by atoms with van der Waals surface area (Å²) in [6, 6.07) is 2.97. The SMILES string of the molecule is CC(C)(C)C#C[C@H](CCC(F)(F)F)N1CCC[C@H](CC(=O)O)[C@H]1c1ccc(C(F)(F)F)cc1. The molecule has 1 N–H and O–H groups in total. The lowest BCUT2D eigenvalue weighted by molar-refractivity contribution is -0.140. The van der Waals surface area contributed by atoms with E-state index in [9.17, 15) is 36.2 Å². The third-order valence-electron chi connectivity index (χ3n) is 5.53. The van der Waals surface area contributed by atoms with E-state index in [0.29, 0.717) is 24.9 Å². The molecule has 1 fully saturated rings. The molecular formula is C24H29F6NO2. The number of carbonyl (C=O) groups is 1. The van der Waals surface area contributed by atoms with Gasteiger partial charge in [0.2, 0.25) is 0 Å². The number of alkyl halides is 6. The molecule has 1 heterocycles. The molecule has 3 nitrogen and oxygen atoms in total. The van der Waals surface area contributed by atoms with Gasteiger partial charge in [-0.25, -0.2) is 0 Å². The fraction of sp³-hybridized carbons (Fsp3) is 0.625. The fourth-order valence-electron chi connectivity index (χ4n) is 4.15.